The Morgan fingerprint density at radius 1 is 0.123 bits per heavy atom. The molecule has 0 saturated heterocycles. The molecule has 114 heavy (non-hydrogen) atoms. The van der Waals surface area contributed by atoms with Gasteiger partial charge in [0.15, 0.2) is 0 Å². The zero-order chi connectivity index (χ0) is 90.8. The van der Waals surface area contributed by atoms with Gasteiger partial charge in [-0.05, 0) is 177 Å². The molecule has 7 aromatic carbocycles. The molecule has 0 bridgehead atoms. The van der Waals surface area contributed by atoms with Crippen molar-refractivity contribution in [2.24, 2.45) is 0 Å². The Morgan fingerprint density at radius 3 is 0.307 bits per heavy atom. The molecule has 0 aliphatic carbocycles. The van der Waals surface area contributed by atoms with Crippen LogP contribution in [0.25, 0.3) is 66.8 Å². The first-order valence-electron chi connectivity index (χ1n) is 54.8. The van der Waals surface area contributed by atoms with Crippen LogP contribution in [0.5, 0.6) is 0 Å². The van der Waals surface area contributed by atoms with E-state index < -0.39 is 38.2 Å². The van der Waals surface area contributed by atoms with Crippen LogP contribution in [0, 0.1) is 0 Å². The fraction of sp³-hybridized carbons (Fsp3) is 0.632. The number of hydrogen-bond acceptors (Lipinski definition) is 0. The van der Waals surface area contributed by atoms with E-state index in [0.29, 0.717) is 71.9 Å². The van der Waals surface area contributed by atoms with Gasteiger partial charge >= 0.3 is 0 Å². The van der Waals surface area contributed by atoms with Crippen LogP contribution in [0.4, 0.5) is 0 Å². The van der Waals surface area contributed by atoms with Gasteiger partial charge in [-0.1, -0.05) is 534 Å². The molecule has 0 fully saturated rings. The minimum atomic E-state index is -1.63. The van der Waals surface area contributed by atoms with E-state index in [9.17, 15) is 16.4 Å². The lowest BCUT2D eigenvalue weighted by Gasteiger charge is -2.29. The van der Waals surface area contributed by atoms with Crippen LogP contribution in [0.2, 0.25) is 0 Å². The summed E-state index contributed by atoms with van der Waals surface area (Å²) in [6.07, 6.45) is 53.9. The van der Waals surface area contributed by atoms with E-state index in [-0.39, 0.29) is 0 Å². The summed E-state index contributed by atoms with van der Waals surface area (Å²) in [5, 5.41) is 0. The summed E-state index contributed by atoms with van der Waals surface area (Å²) < 4.78 is 118. The lowest BCUT2D eigenvalue weighted by Crippen LogP contribution is -2.03. The topological polar surface area (TPSA) is 0 Å². The van der Waals surface area contributed by atoms with E-state index in [0.717, 1.165) is 182 Å². The van der Waals surface area contributed by atoms with Crippen LogP contribution in [0.3, 0.4) is 0 Å². The Balaban J connectivity index is 1.55. The van der Waals surface area contributed by atoms with Crippen molar-refractivity contribution >= 4 is 0 Å². The Kier molecular flexibility index (Phi) is 43.7. The lowest BCUT2D eigenvalue weighted by atomic mass is 9.73. The molecule has 0 saturated carbocycles. The van der Waals surface area contributed by atoms with Gasteiger partial charge in [0.1, 0.15) is 0 Å². The number of rotatable bonds is 72. The number of benzene rings is 7. The maximum atomic E-state index is 9.81. The van der Waals surface area contributed by atoms with Gasteiger partial charge in [0.05, 0.1) is 0 Å². The molecular weight excluding hydrogens is 1370 g/mol. The summed E-state index contributed by atoms with van der Waals surface area (Å²) in [5.41, 5.74) is 13.4. The fourth-order valence-electron chi connectivity index (χ4n) is 17.0. The average molecular weight is 1560 g/mol. The predicted octanol–water partition coefficient (Wildman–Crippen LogP) is 38.5. The van der Waals surface area contributed by atoms with Crippen LogP contribution in [0.15, 0.2) is 146 Å². The van der Waals surface area contributed by atoms with Crippen molar-refractivity contribution in [2.45, 2.75) is 465 Å². The third-order valence-electron chi connectivity index (χ3n) is 24.2. The molecular formula is C114H174. The van der Waals surface area contributed by atoms with Crippen molar-refractivity contribution in [3.05, 3.63) is 179 Å². The zero-order valence-corrected chi connectivity index (χ0v) is 74.3. The third-order valence-corrected chi connectivity index (χ3v) is 24.2. The molecule has 0 aromatic heterocycles. The summed E-state index contributed by atoms with van der Waals surface area (Å²) in [5.74, 6) is 0. The van der Waals surface area contributed by atoms with Crippen molar-refractivity contribution in [1.29, 1.82) is 0 Å². The minimum Gasteiger partial charge on any atom is -0.0654 e. The van der Waals surface area contributed by atoms with Crippen LogP contribution >= 0.6 is 0 Å². The second kappa shape index (κ2) is 63.6. The Morgan fingerprint density at radius 2 is 0.211 bits per heavy atom. The van der Waals surface area contributed by atoms with Crippen LogP contribution in [-0.4, -0.2) is 0 Å². The van der Waals surface area contributed by atoms with Crippen LogP contribution in [-0.2, 0) is 38.2 Å². The predicted molar refractivity (Wildman–Crippen MR) is 512 cm³/mol. The smallest absolute Gasteiger partial charge is 0.0316 e. The second-order valence-corrected chi connectivity index (χ2v) is 34.2. The Labute approximate surface area is 723 Å². The zero-order valence-electron chi connectivity index (χ0n) is 86.3. The highest BCUT2D eigenvalue weighted by Crippen LogP contribution is 2.56. The van der Waals surface area contributed by atoms with Gasteiger partial charge in [-0.3, -0.25) is 0 Å². The molecule has 0 amide bonds. The quantitative estimate of drug-likeness (QED) is 0.0333. The SMILES string of the molecule is [2H]C([2H])(CCCCCCCCCCC)c1ccc(-c2c(-c3ccc(C([2H])([2H])CCCCCCCCCCC)cc3)c(-c3ccc(C([2H])([2H])CCCCCCCCCCC)cc3)c(-c3ccc(C([2H])([2H])CCCCCCCCCCC)cc3)c(-c3ccc(C([2H])([2H])CCCCCCCCCCC)cc3)c2-c2ccc(C([2H])([2H])CCCCCCCCCCC)cc2)cc1. The maximum absolute atomic E-state index is 9.81. The molecule has 0 spiro atoms. The third kappa shape index (κ3) is 39.0. The summed E-state index contributed by atoms with van der Waals surface area (Å²) in [7, 11) is 0. The average Bonchev–Trinajstić information content (AvgIpc) is 0.711. The van der Waals surface area contributed by atoms with Crippen molar-refractivity contribution in [3.63, 3.8) is 0 Å². The molecule has 630 valence electrons. The first-order chi connectivity index (χ1) is 60.9. The van der Waals surface area contributed by atoms with Crippen molar-refractivity contribution in [1.82, 2.24) is 0 Å². The molecule has 0 aliphatic heterocycles. The molecule has 0 nitrogen and oxygen atoms in total. The standard InChI is InChI=1S/C114H174/c1-7-13-19-25-31-37-43-49-55-61-67-97-73-85-103(86-74-97)109-110(104-87-75-98(76-88-104)68-62-56-50-44-38-32-26-20-14-8-2)112(106-91-79-100(80-92-106)70-64-58-52-46-40-34-28-22-16-10-4)114(108-95-83-102(84-96-108)72-66-60-54-48-42-36-30-24-18-12-6)113(107-93-81-101(82-94-107)71-65-59-53-47-41-35-29-23-17-11-5)111(109)105-89-77-99(78-90-105)69-63-57-51-45-39-33-27-21-15-9-3/h73-96H,7-72H2,1-6H3/i67D2,68D2,69D2,70D2,71D2,72D2. The van der Waals surface area contributed by atoms with Crippen molar-refractivity contribution in [2.75, 3.05) is 0 Å². The highest BCUT2D eigenvalue weighted by molar-refractivity contribution is 6.15. The normalized spacial score (nSPS) is 13.9. The highest BCUT2D eigenvalue weighted by atomic mass is 14.3. The molecule has 0 unspecified atom stereocenters. The number of unbranched alkanes of at least 4 members (excludes halogenated alkanes) is 48. The molecule has 0 heteroatoms. The summed E-state index contributed by atoms with van der Waals surface area (Å²) in [4.78, 5) is 0. The summed E-state index contributed by atoms with van der Waals surface area (Å²) >= 11 is 0. The summed E-state index contributed by atoms with van der Waals surface area (Å²) in [6, 6.07) is 48.9. The molecule has 7 rings (SSSR count). The van der Waals surface area contributed by atoms with Crippen molar-refractivity contribution in [3.8, 4) is 66.8 Å². The first-order valence-corrected chi connectivity index (χ1v) is 48.8. The summed E-state index contributed by atoms with van der Waals surface area (Å²) in [6.45, 7) is 13.5. The van der Waals surface area contributed by atoms with E-state index in [1.807, 2.05) is 72.8 Å². The molecule has 0 radical (unpaired) electrons. The second-order valence-electron chi connectivity index (χ2n) is 34.2. The first kappa shape index (κ1) is 78.4. The van der Waals surface area contributed by atoms with E-state index in [4.69, 9.17) is 0 Å². The van der Waals surface area contributed by atoms with Crippen LogP contribution < -0.4 is 0 Å². The monoisotopic (exact) mass is 1560 g/mol. The number of hydrogen-bond donors (Lipinski definition) is 0. The van der Waals surface area contributed by atoms with E-state index in [2.05, 4.69) is 114 Å². The fourth-order valence-corrected chi connectivity index (χ4v) is 17.0. The highest BCUT2D eigenvalue weighted by Gasteiger charge is 2.30. The van der Waals surface area contributed by atoms with E-state index in [1.165, 1.54) is 231 Å². The van der Waals surface area contributed by atoms with Gasteiger partial charge in [0, 0.05) is 16.4 Å². The van der Waals surface area contributed by atoms with Gasteiger partial charge in [0.25, 0.3) is 0 Å². The molecule has 0 heterocycles. The maximum Gasteiger partial charge on any atom is 0.0316 e. The van der Waals surface area contributed by atoms with Gasteiger partial charge < -0.3 is 0 Å². The van der Waals surface area contributed by atoms with Gasteiger partial charge in [-0.2, -0.15) is 0 Å². The molecule has 0 aliphatic rings. The van der Waals surface area contributed by atoms with E-state index in [1.54, 1.807) is 0 Å². The Bertz CT molecular complexity index is 3300. The van der Waals surface area contributed by atoms with E-state index >= 15 is 0 Å². The minimum absolute atomic E-state index is 0.388. The van der Waals surface area contributed by atoms with Crippen LogP contribution in [0.1, 0.15) is 477 Å². The largest absolute Gasteiger partial charge is 0.0654 e. The van der Waals surface area contributed by atoms with Gasteiger partial charge in [-0.15, -0.1) is 0 Å². The molecule has 0 atom stereocenters. The van der Waals surface area contributed by atoms with Gasteiger partial charge in [-0.25, -0.2) is 0 Å². The molecule has 0 N–H and O–H groups in total. The van der Waals surface area contributed by atoms with Crippen molar-refractivity contribution < 1.29 is 16.4 Å². The molecule has 7 aromatic rings. The lowest BCUT2D eigenvalue weighted by molar-refractivity contribution is 0.556. The Hall–Kier alpha value is -5.46. The number of aryl methyl sites for hydroxylation is 6. The van der Waals surface area contributed by atoms with Gasteiger partial charge in [0.2, 0.25) is 0 Å².